The van der Waals surface area contributed by atoms with Crippen LogP contribution in [-0.2, 0) is 16.1 Å². The molecule has 1 aromatic heterocycles. The molecule has 1 fully saturated rings. The van der Waals surface area contributed by atoms with Crippen molar-refractivity contribution in [3.05, 3.63) is 34.5 Å². The minimum atomic E-state index is -0.932. The van der Waals surface area contributed by atoms with Crippen molar-refractivity contribution in [1.29, 1.82) is 0 Å². The topological polar surface area (TPSA) is 66.8 Å². The average molecular weight is 379 g/mol. The summed E-state index contributed by atoms with van der Waals surface area (Å²) in [4.78, 5) is 26.9. The van der Waals surface area contributed by atoms with Gasteiger partial charge in [0, 0.05) is 35.8 Å². The molecule has 1 aliphatic rings. The number of hydrogen-bond acceptors (Lipinski definition) is 4. The number of thiophene rings is 1. The standard InChI is InChI=1S/C19H22FNO4S/c1-11(2)19(18(23)24)7-8-21(10-19)17(22)16-12(9-25-3)15-13(20)5-4-6-14(15)26-16/h4-6,11H,7-10H2,1-3H3,(H,23,24). The second-order valence-electron chi connectivity index (χ2n) is 7.05. The Morgan fingerprint density at radius 1 is 1.42 bits per heavy atom. The third-order valence-electron chi connectivity index (χ3n) is 5.37. The van der Waals surface area contributed by atoms with E-state index in [1.165, 1.54) is 24.5 Å². The van der Waals surface area contributed by atoms with Crippen molar-refractivity contribution < 1.29 is 23.8 Å². The first kappa shape index (κ1) is 18.8. The maximum atomic E-state index is 14.3. The lowest BCUT2D eigenvalue weighted by molar-refractivity contribution is -0.150. The number of amides is 1. The second-order valence-corrected chi connectivity index (χ2v) is 8.10. The van der Waals surface area contributed by atoms with E-state index < -0.39 is 11.4 Å². The number of halogens is 1. The molecule has 1 unspecified atom stereocenters. The van der Waals surface area contributed by atoms with E-state index in [1.54, 1.807) is 17.0 Å². The summed E-state index contributed by atoms with van der Waals surface area (Å²) in [6, 6.07) is 4.76. The minimum Gasteiger partial charge on any atom is -0.481 e. The molecular formula is C19H22FNO4S. The van der Waals surface area contributed by atoms with Crippen LogP contribution in [0.15, 0.2) is 18.2 Å². The van der Waals surface area contributed by atoms with Crippen molar-refractivity contribution in [2.24, 2.45) is 11.3 Å². The molecule has 0 saturated carbocycles. The van der Waals surface area contributed by atoms with Crippen LogP contribution < -0.4 is 0 Å². The molecule has 1 saturated heterocycles. The zero-order valence-electron chi connectivity index (χ0n) is 15.0. The largest absolute Gasteiger partial charge is 0.481 e. The summed E-state index contributed by atoms with van der Waals surface area (Å²) in [6.07, 6.45) is 0.421. The number of carbonyl (C=O) groups is 2. The number of hydrogen-bond donors (Lipinski definition) is 1. The van der Waals surface area contributed by atoms with E-state index in [4.69, 9.17) is 4.74 Å². The number of ether oxygens (including phenoxy) is 1. The van der Waals surface area contributed by atoms with Gasteiger partial charge in [-0.2, -0.15) is 0 Å². The molecule has 1 N–H and O–H groups in total. The molecule has 2 heterocycles. The molecule has 0 radical (unpaired) electrons. The van der Waals surface area contributed by atoms with Crippen molar-refractivity contribution in [3.63, 3.8) is 0 Å². The molecule has 1 aliphatic heterocycles. The molecule has 140 valence electrons. The summed E-state index contributed by atoms with van der Waals surface area (Å²) < 4.78 is 20.2. The number of carbonyl (C=O) groups excluding carboxylic acids is 1. The van der Waals surface area contributed by atoms with E-state index in [2.05, 4.69) is 0 Å². The van der Waals surface area contributed by atoms with Gasteiger partial charge in [-0.15, -0.1) is 11.3 Å². The zero-order chi connectivity index (χ0) is 19.1. The Bertz CT molecular complexity index is 863. The summed E-state index contributed by atoms with van der Waals surface area (Å²) in [7, 11) is 1.50. The van der Waals surface area contributed by atoms with Crippen LogP contribution in [-0.4, -0.2) is 42.1 Å². The first-order chi connectivity index (χ1) is 12.3. The van der Waals surface area contributed by atoms with E-state index >= 15 is 0 Å². The van der Waals surface area contributed by atoms with Gasteiger partial charge in [-0.25, -0.2) is 4.39 Å². The van der Waals surface area contributed by atoms with Crippen molar-refractivity contribution in [2.75, 3.05) is 20.2 Å². The number of rotatable bonds is 5. The summed E-state index contributed by atoms with van der Waals surface area (Å²) in [5.74, 6) is -1.59. The van der Waals surface area contributed by atoms with Crippen LogP contribution >= 0.6 is 11.3 Å². The smallest absolute Gasteiger partial charge is 0.311 e. The number of nitrogens with zero attached hydrogens (tertiary/aromatic N) is 1. The monoisotopic (exact) mass is 379 g/mol. The van der Waals surface area contributed by atoms with Crippen molar-refractivity contribution >= 4 is 33.3 Å². The Morgan fingerprint density at radius 3 is 2.73 bits per heavy atom. The van der Waals surface area contributed by atoms with Gasteiger partial charge in [0.05, 0.1) is 16.9 Å². The van der Waals surface area contributed by atoms with E-state index in [1.807, 2.05) is 13.8 Å². The normalized spacial score (nSPS) is 20.3. The summed E-state index contributed by atoms with van der Waals surface area (Å²) in [5, 5.41) is 10.1. The molecule has 2 aromatic rings. The van der Waals surface area contributed by atoms with Crippen LogP contribution in [0.25, 0.3) is 10.1 Å². The van der Waals surface area contributed by atoms with E-state index in [0.29, 0.717) is 33.5 Å². The third-order valence-corrected chi connectivity index (χ3v) is 6.55. The Kier molecular flexibility index (Phi) is 5.03. The minimum absolute atomic E-state index is 0.0869. The van der Waals surface area contributed by atoms with Gasteiger partial charge < -0.3 is 14.7 Å². The van der Waals surface area contributed by atoms with Crippen LogP contribution in [0.3, 0.4) is 0 Å². The van der Waals surface area contributed by atoms with Gasteiger partial charge in [-0.05, 0) is 24.5 Å². The number of benzene rings is 1. The summed E-state index contributed by atoms with van der Waals surface area (Å²) in [6.45, 7) is 4.42. The average Bonchev–Trinajstić information content (AvgIpc) is 3.19. The summed E-state index contributed by atoms with van der Waals surface area (Å²) in [5.41, 5.74) is -0.396. The Balaban J connectivity index is 2.00. The molecule has 3 rings (SSSR count). The fraction of sp³-hybridized carbons (Fsp3) is 0.474. The van der Waals surface area contributed by atoms with Crippen LogP contribution in [0.4, 0.5) is 4.39 Å². The predicted molar refractivity (Wildman–Crippen MR) is 97.9 cm³/mol. The van der Waals surface area contributed by atoms with Crippen LogP contribution in [0.1, 0.15) is 35.5 Å². The first-order valence-electron chi connectivity index (χ1n) is 8.53. The van der Waals surface area contributed by atoms with Crippen LogP contribution in [0.2, 0.25) is 0 Å². The van der Waals surface area contributed by atoms with E-state index in [-0.39, 0.29) is 30.8 Å². The van der Waals surface area contributed by atoms with Crippen molar-refractivity contribution in [1.82, 2.24) is 4.90 Å². The number of methoxy groups -OCH3 is 1. The summed E-state index contributed by atoms with van der Waals surface area (Å²) >= 11 is 1.23. The van der Waals surface area contributed by atoms with Gasteiger partial charge in [-0.3, -0.25) is 9.59 Å². The molecular weight excluding hydrogens is 357 g/mol. The molecule has 0 bridgehead atoms. The Hall–Kier alpha value is -1.99. The van der Waals surface area contributed by atoms with Gasteiger partial charge in [0.15, 0.2) is 0 Å². The fourth-order valence-electron chi connectivity index (χ4n) is 3.67. The molecule has 5 nitrogen and oxygen atoms in total. The van der Waals surface area contributed by atoms with Crippen LogP contribution in [0.5, 0.6) is 0 Å². The van der Waals surface area contributed by atoms with E-state index in [0.717, 1.165) is 0 Å². The maximum absolute atomic E-state index is 14.3. The molecule has 1 aromatic carbocycles. The first-order valence-corrected chi connectivity index (χ1v) is 9.35. The number of aliphatic carboxylic acids is 1. The Labute approximate surface area is 155 Å². The second kappa shape index (κ2) is 6.96. The molecule has 1 amide bonds. The predicted octanol–water partition coefficient (Wildman–Crippen LogP) is 3.76. The van der Waals surface area contributed by atoms with E-state index in [9.17, 15) is 19.1 Å². The zero-order valence-corrected chi connectivity index (χ0v) is 15.9. The number of likely N-dealkylation sites (tertiary alicyclic amines) is 1. The van der Waals surface area contributed by atoms with Gasteiger partial charge in [0.1, 0.15) is 5.82 Å². The lowest BCUT2D eigenvalue weighted by atomic mass is 9.76. The van der Waals surface area contributed by atoms with Gasteiger partial charge in [0.25, 0.3) is 5.91 Å². The quantitative estimate of drug-likeness (QED) is 0.859. The highest BCUT2D eigenvalue weighted by molar-refractivity contribution is 7.21. The molecule has 7 heteroatoms. The number of carboxylic acids is 1. The highest BCUT2D eigenvalue weighted by Gasteiger charge is 2.48. The highest BCUT2D eigenvalue weighted by atomic mass is 32.1. The Morgan fingerprint density at radius 2 is 2.15 bits per heavy atom. The molecule has 1 atom stereocenters. The van der Waals surface area contributed by atoms with Crippen LogP contribution in [0, 0.1) is 17.2 Å². The lowest BCUT2D eigenvalue weighted by Crippen LogP contribution is -2.40. The molecule has 0 aliphatic carbocycles. The number of carboxylic acid groups (broad SMARTS) is 1. The highest BCUT2D eigenvalue weighted by Crippen LogP contribution is 2.40. The SMILES string of the molecule is COCc1c(C(=O)N2CCC(C(=O)O)(C(C)C)C2)sc2cccc(F)c12. The lowest BCUT2D eigenvalue weighted by Gasteiger charge is -2.28. The van der Waals surface area contributed by atoms with Gasteiger partial charge >= 0.3 is 5.97 Å². The molecule has 26 heavy (non-hydrogen) atoms. The molecule has 0 spiro atoms. The maximum Gasteiger partial charge on any atom is 0.311 e. The third kappa shape index (κ3) is 2.89. The van der Waals surface area contributed by atoms with Crippen molar-refractivity contribution in [3.8, 4) is 0 Å². The fourth-order valence-corrected chi connectivity index (χ4v) is 4.85. The number of fused-ring (bicyclic) bond motifs is 1. The van der Waals surface area contributed by atoms with Gasteiger partial charge in [0.2, 0.25) is 0 Å². The van der Waals surface area contributed by atoms with Gasteiger partial charge in [-0.1, -0.05) is 19.9 Å². The van der Waals surface area contributed by atoms with Crippen molar-refractivity contribution in [2.45, 2.75) is 26.9 Å².